The standard InChI is InChI=1S/C12H16O2/c1-8-5-10(12(3,4)14)6-9(2)11(8)7-13/h5-7,14H,1-4H3. The summed E-state index contributed by atoms with van der Waals surface area (Å²) in [6, 6.07) is 3.72. The molecule has 0 radical (unpaired) electrons. The van der Waals surface area contributed by atoms with Crippen LogP contribution in [-0.2, 0) is 5.60 Å². The summed E-state index contributed by atoms with van der Waals surface area (Å²) >= 11 is 0. The molecule has 0 aliphatic rings. The van der Waals surface area contributed by atoms with Gasteiger partial charge in [-0.05, 0) is 44.4 Å². The third kappa shape index (κ3) is 2.02. The fraction of sp³-hybridized carbons (Fsp3) is 0.417. The van der Waals surface area contributed by atoms with E-state index in [2.05, 4.69) is 0 Å². The Morgan fingerprint density at radius 1 is 1.21 bits per heavy atom. The van der Waals surface area contributed by atoms with Gasteiger partial charge in [-0.2, -0.15) is 0 Å². The highest BCUT2D eigenvalue weighted by Gasteiger charge is 2.17. The largest absolute Gasteiger partial charge is 0.386 e. The summed E-state index contributed by atoms with van der Waals surface area (Å²) in [5, 5.41) is 9.81. The number of benzene rings is 1. The first-order valence-corrected chi connectivity index (χ1v) is 4.65. The van der Waals surface area contributed by atoms with E-state index in [1.165, 1.54) is 0 Å². The molecule has 0 unspecified atom stereocenters. The van der Waals surface area contributed by atoms with Crippen molar-refractivity contribution in [2.24, 2.45) is 0 Å². The van der Waals surface area contributed by atoms with E-state index in [0.717, 1.165) is 28.5 Å². The van der Waals surface area contributed by atoms with Crippen LogP contribution < -0.4 is 0 Å². The van der Waals surface area contributed by atoms with Crippen molar-refractivity contribution in [2.75, 3.05) is 0 Å². The van der Waals surface area contributed by atoms with Gasteiger partial charge in [-0.3, -0.25) is 4.79 Å². The van der Waals surface area contributed by atoms with E-state index >= 15 is 0 Å². The zero-order chi connectivity index (χ0) is 10.9. The number of aliphatic hydroxyl groups is 1. The maximum absolute atomic E-state index is 10.7. The Hall–Kier alpha value is -1.15. The van der Waals surface area contributed by atoms with Gasteiger partial charge in [0.25, 0.3) is 0 Å². The first-order chi connectivity index (χ1) is 6.36. The minimum Gasteiger partial charge on any atom is -0.386 e. The fourth-order valence-corrected chi connectivity index (χ4v) is 1.51. The summed E-state index contributed by atoms with van der Waals surface area (Å²) < 4.78 is 0. The monoisotopic (exact) mass is 192 g/mol. The van der Waals surface area contributed by atoms with Gasteiger partial charge in [0.05, 0.1) is 5.60 Å². The van der Waals surface area contributed by atoms with Crippen LogP contribution in [0.1, 0.15) is 40.9 Å². The van der Waals surface area contributed by atoms with Gasteiger partial charge in [0.15, 0.2) is 6.29 Å². The maximum Gasteiger partial charge on any atom is 0.150 e. The first-order valence-electron chi connectivity index (χ1n) is 4.65. The number of aryl methyl sites for hydroxylation is 2. The second kappa shape index (κ2) is 3.54. The van der Waals surface area contributed by atoms with Crippen LogP contribution in [0.2, 0.25) is 0 Å². The Kier molecular flexibility index (Phi) is 2.76. The Labute approximate surface area is 84.6 Å². The van der Waals surface area contributed by atoms with Crippen molar-refractivity contribution in [3.63, 3.8) is 0 Å². The molecule has 14 heavy (non-hydrogen) atoms. The lowest BCUT2D eigenvalue weighted by molar-refractivity contribution is 0.0784. The topological polar surface area (TPSA) is 37.3 Å². The molecule has 0 heterocycles. The molecule has 0 amide bonds. The van der Waals surface area contributed by atoms with E-state index in [9.17, 15) is 9.90 Å². The van der Waals surface area contributed by atoms with Crippen molar-refractivity contribution in [1.29, 1.82) is 0 Å². The SMILES string of the molecule is Cc1cc(C(C)(C)O)cc(C)c1C=O. The first kappa shape index (κ1) is 10.9. The molecule has 1 aromatic carbocycles. The van der Waals surface area contributed by atoms with E-state index < -0.39 is 5.60 Å². The molecule has 0 aliphatic carbocycles. The van der Waals surface area contributed by atoms with Gasteiger partial charge in [0.2, 0.25) is 0 Å². The van der Waals surface area contributed by atoms with E-state index in [4.69, 9.17) is 0 Å². The molecule has 0 saturated carbocycles. The highest BCUT2D eigenvalue weighted by molar-refractivity contribution is 5.79. The van der Waals surface area contributed by atoms with Gasteiger partial charge >= 0.3 is 0 Å². The molecule has 1 aromatic rings. The minimum atomic E-state index is -0.850. The molecular formula is C12H16O2. The van der Waals surface area contributed by atoms with Gasteiger partial charge in [0, 0.05) is 5.56 Å². The van der Waals surface area contributed by atoms with Crippen LogP contribution in [0, 0.1) is 13.8 Å². The molecule has 0 aromatic heterocycles. The van der Waals surface area contributed by atoms with E-state index in [-0.39, 0.29) is 0 Å². The average Bonchev–Trinajstić information content (AvgIpc) is 2.01. The molecule has 0 aliphatic heterocycles. The van der Waals surface area contributed by atoms with Gasteiger partial charge < -0.3 is 5.11 Å². The van der Waals surface area contributed by atoms with Crippen molar-refractivity contribution in [2.45, 2.75) is 33.3 Å². The zero-order valence-electron chi connectivity index (χ0n) is 9.09. The highest BCUT2D eigenvalue weighted by Crippen LogP contribution is 2.24. The second-order valence-corrected chi connectivity index (χ2v) is 4.20. The lowest BCUT2D eigenvalue weighted by Gasteiger charge is -2.20. The van der Waals surface area contributed by atoms with Crippen LogP contribution in [0.3, 0.4) is 0 Å². The minimum absolute atomic E-state index is 0.720. The Morgan fingerprint density at radius 3 is 1.93 bits per heavy atom. The Bertz CT molecular complexity index is 336. The molecule has 1 rings (SSSR count). The van der Waals surface area contributed by atoms with Crippen LogP contribution in [0.5, 0.6) is 0 Å². The summed E-state index contributed by atoms with van der Waals surface area (Å²) in [6.45, 7) is 7.24. The van der Waals surface area contributed by atoms with Gasteiger partial charge in [-0.25, -0.2) is 0 Å². The summed E-state index contributed by atoms with van der Waals surface area (Å²) in [4.78, 5) is 10.7. The van der Waals surface area contributed by atoms with Crippen molar-refractivity contribution < 1.29 is 9.90 Å². The fourth-order valence-electron chi connectivity index (χ4n) is 1.51. The van der Waals surface area contributed by atoms with Crippen LogP contribution in [0.4, 0.5) is 0 Å². The van der Waals surface area contributed by atoms with E-state index in [1.807, 2.05) is 26.0 Å². The maximum atomic E-state index is 10.7. The van der Waals surface area contributed by atoms with Crippen LogP contribution in [0.15, 0.2) is 12.1 Å². The molecule has 1 N–H and O–H groups in total. The number of rotatable bonds is 2. The van der Waals surface area contributed by atoms with Crippen molar-refractivity contribution in [3.05, 3.63) is 34.4 Å². The van der Waals surface area contributed by atoms with Crippen LogP contribution in [-0.4, -0.2) is 11.4 Å². The summed E-state index contributed by atoms with van der Waals surface area (Å²) in [5.41, 5.74) is 2.54. The number of carbonyl (C=O) groups excluding carboxylic acids is 1. The van der Waals surface area contributed by atoms with Crippen molar-refractivity contribution >= 4 is 6.29 Å². The van der Waals surface area contributed by atoms with Crippen LogP contribution in [0.25, 0.3) is 0 Å². The Balaban J connectivity index is 3.35. The lowest BCUT2D eigenvalue weighted by Crippen LogP contribution is -2.16. The predicted octanol–water partition coefficient (Wildman–Crippen LogP) is 2.34. The average molecular weight is 192 g/mol. The Morgan fingerprint density at radius 2 is 1.64 bits per heavy atom. The van der Waals surface area contributed by atoms with Gasteiger partial charge in [-0.15, -0.1) is 0 Å². The van der Waals surface area contributed by atoms with Crippen LogP contribution >= 0.6 is 0 Å². The molecule has 76 valence electrons. The molecule has 0 fully saturated rings. The van der Waals surface area contributed by atoms with Gasteiger partial charge in [-0.1, -0.05) is 12.1 Å². The van der Waals surface area contributed by atoms with Gasteiger partial charge in [0.1, 0.15) is 0 Å². The molecule has 0 bridgehead atoms. The number of hydrogen-bond donors (Lipinski definition) is 1. The zero-order valence-corrected chi connectivity index (χ0v) is 9.09. The molecular weight excluding hydrogens is 176 g/mol. The third-order valence-electron chi connectivity index (χ3n) is 2.42. The number of hydrogen-bond acceptors (Lipinski definition) is 2. The van der Waals surface area contributed by atoms with Crippen molar-refractivity contribution in [3.8, 4) is 0 Å². The molecule has 0 spiro atoms. The quantitative estimate of drug-likeness (QED) is 0.730. The molecule has 2 heteroatoms. The number of carbonyl (C=O) groups is 1. The highest BCUT2D eigenvalue weighted by atomic mass is 16.3. The van der Waals surface area contributed by atoms with E-state index in [1.54, 1.807) is 13.8 Å². The molecule has 0 atom stereocenters. The summed E-state index contributed by atoms with van der Waals surface area (Å²) in [6.07, 6.45) is 0.860. The normalized spacial score (nSPS) is 11.5. The summed E-state index contributed by atoms with van der Waals surface area (Å²) in [5.74, 6) is 0. The van der Waals surface area contributed by atoms with E-state index in [0.29, 0.717) is 0 Å². The number of aldehydes is 1. The molecule has 2 nitrogen and oxygen atoms in total. The second-order valence-electron chi connectivity index (χ2n) is 4.20. The molecule has 0 saturated heterocycles. The predicted molar refractivity (Wildman–Crippen MR) is 56.5 cm³/mol. The lowest BCUT2D eigenvalue weighted by atomic mass is 9.92. The third-order valence-corrected chi connectivity index (χ3v) is 2.42. The van der Waals surface area contributed by atoms with Crippen molar-refractivity contribution in [1.82, 2.24) is 0 Å². The summed E-state index contributed by atoms with van der Waals surface area (Å²) in [7, 11) is 0. The smallest absolute Gasteiger partial charge is 0.150 e.